The largest absolute Gasteiger partial charge is 0.505 e. The number of hydrogen-bond donors (Lipinski definition) is 1. The first-order valence-electron chi connectivity index (χ1n) is 3.14. The lowest BCUT2D eigenvalue weighted by Crippen LogP contribution is -1.94. The first-order chi connectivity index (χ1) is 6.06. The number of nitrogens with zero attached hydrogens (tertiary/aromatic N) is 2. The van der Waals surface area contributed by atoms with Crippen molar-refractivity contribution in [3.05, 3.63) is 21.9 Å². The Bertz CT molecular complexity index is 375. The third kappa shape index (κ3) is 1.92. The van der Waals surface area contributed by atoms with Crippen molar-refractivity contribution in [2.45, 2.75) is 6.43 Å². The first kappa shape index (κ1) is 9.86. The smallest absolute Gasteiger partial charge is 0.284 e. The highest BCUT2D eigenvalue weighted by Gasteiger charge is 2.18. The summed E-state index contributed by atoms with van der Waals surface area (Å²) in [5.41, 5.74) is -0.953. The minimum absolute atomic E-state index is 0.0364. The molecular formula is C7H3BrF2N2O. The molecule has 0 bridgehead atoms. The summed E-state index contributed by atoms with van der Waals surface area (Å²) in [5.74, 6) is -0.631. The highest BCUT2D eigenvalue weighted by atomic mass is 79.9. The Balaban J connectivity index is 3.35. The van der Waals surface area contributed by atoms with Crippen molar-refractivity contribution >= 4 is 15.9 Å². The third-order valence-corrected chi connectivity index (χ3v) is 1.90. The molecule has 6 heteroatoms. The zero-order chi connectivity index (χ0) is 10.0. The van der Waals surface area contributed by atoms with Crippen LogP contribution in [0.5, 0.6) is 5.75 Å². The molecule has 3 nitrogen and oxygen atoms in total. The van der Waals surface area contributed by atoms with Gasteiger partial charge in [-0.3, -0.25) is 0 Å². The molecule has 0 saturated heterocycles. The number of rotatable bonds is 1. The zero-order valence-corrected chi connectivity index (χ0v) is 7.72. The fourth-order valence-corrected chi connectivity index (χ4v) is 1.16. The number of aromatic hydroxyl groups is 1. The topological polar surface area (TPSA) is 56.9 Å². The van der Waals surface area contributed by atoms with E-state index >= 15 is 0 Å². The molecule has 0 aliphatic rings. The maximum absolute atomic E-state index is 12.2. The van der Waals surface area contributed by atoms with Gasteiger partial charge in [0.05, 0.1) is 4.47 Å². The Morgan fingerprint density at radius 2 is 2.23 bits per heavy atom. The maximum Gasteiger partial charge on any atom is 0.284 e. The second-order valence-electron chi connectivity index (χ2n) is 2.14. The number of alkyl halides is 2. The summed E-state index contributed by atoms with van der Waals surface area (Å²) in [4.78, 5) is 3.26. The molecule has 0 aromatic carbocycles. The molecular weight excluding hydrogens is 246 g/mol. The number of pyridine rings is 1. The molecule has 0 unspecified atom stereocenters. The summed E-state index contributed by atoms with van der Waals surface area (Å²) in [6.07, 6.45) is -2.90. The van der Waals surface area contributed by atoms with Crippen molar-refractivity contribution in [1.82, 2.24) is 4.98 Å². The van der Waals surface area contributed by atoms with E-state index in [0.717, 1.165) is 0 Å². The lowest BCUT2D eigenvalue weighted by Gasteiger charge is -2.03. The first-order valence-corrected chi connectivity index (χ1v) is 3.93. The second kappa shape index (κ2) is 3.66. The van der Waals surface area contributed by atoms with Gasteiger partial charge in [0, 0.05) is 0 Å². The third-order valence-electron chi connectivity index (χ3n) is 1.29. The van der Waals surface area contributed by atoms with Crippen molar-refractivity contribution in [3.63, 3.8) is 0 Å². The van der Waals surface area contributed by atoms with Gasteiger partial charge in [0.2, 0.25) is 0 Å². The Morgan fingerprint density at radius 1 is 1.62 bits per heavy atom. The van der Waals surface area contributed by atoms with Crippen LogP contribution < -0.4 is 0 Å². The predicted octanol–water partition coefficient (Wildman–Crippen LogP) is 2.36. The molecule has 0 aliphatic heterocycles. The Morgan fingerprint density at radius 3 is 2.69 bits per heavy atom. The molecule has 1 N–H and O–H groups in total. The number of halogens is 3. The van der Waals surface area contributed by atoms with Gasteiger partial charge in [-0.25, -0.2) is 13.8 Å². The molecule has 1 aromatic heterocycles. The zero-order valence-electron chi connectivity index (χ0n) is 6.13. The van der Waals surface area contributed by atoms with Crippen molar-refractivity contribution in [2.24, 2.45) is 0 Å². The Kier molecular flexibility index (Phi) is 2.78. The van der Waals surface area contributed by atoms with Gasteiger partial charge in [0.25, 0.3) is 6.43 Å². The summed E-state index contributed by atoms with van der Waals surface area (Å²) >= 11 is 2.83. The fraction of sp³-hybridized carbons (Fsp3) is 0.143. The number of aromatic nitrogens is 1. The standard InChI is InChI=1S/C7H3BrF2N2O/c8-4-1-3(2-11)12-5(6(4)13)7(9)10/h1,7,13H. The molecule has 1 heterocycles. The van der Waals surface area contributed by atoms with Crippen LogP contribution in [0, 0.1) is 11.3 Å². The molecule has 0 saturated carbocycles. The average Bonchev–Trinajstić information content (AvgIpc) is 2.09. The minimum Gasteiger partial charge on any atom is -0.505 e. The van der Waals surface area contributed by atoms with E-state index in [1.54, 1.807) is 6.07 Å². The van der Waals surface area contributed by atoms with Gasteiger partial charge >= 0.3 is 0 Å². The van der Waals surface area contributed by atoms with E-state index in [1.165, 1.54) is 6.07 Å². The van der Waals surface area contributed by atoms with Gasteiger partial charge in [0.15, 0.2) is 11.4 Å². The molecule has 0 fully saturated rings. The fourth-order valence-electron chi connectivity index (χ4n) is 0.735. The van der Waals surface area contributed by atoms with Gasteiger partial charge in [-0.2, -0.15) is 5.26 Å². The molecule has 0 radical (unpaired) electrons. The van der Waals surface area contributed by atoms with Crippen LogP contribution in [0.15, 0.2) is 10.5 Å². The highest BCUT2D eigenvalue weighted by molar-refractivity contribution is 9.10. The van der Waals surface area contributed by atoms with E-state index < -0.39 is 17.9 Å². The summed E-state index contributed by atoms with van der Waals surface area (Å²) in [6.45, 7) is 0. The quantitative estimate of drug-likeness (QED) is 0.830. The van der Waals surface area contributed by atoms with Crippen LogP contribution in [0.25, 0.3) is 0 Å². The van der Waals surface area contributed by atoms with Crippen molar-refractivity contribution in [1.29, 1.82) is 5.26 Å². The van der Waals surface area contributed by atoms with E-state index in [9.17, 15) is 8.78 Å². The van der Waals surface area contributed by atoms with Gasteiger partial charge in [0.1, 0.15) is 11.8 Å². The predicted molar refractivity (Wildman–Crippen MR) is 43.3 cm³/mol. The van der Waals surface area contributed by atoms with Crippen LogP contribution in [0.1, 0.15) is 17.8 Å². The van der Waals surface area contributed by atoms with E-state index in [-0.39, 0.29) is 10.2 Å². The van der Waals surface area contributed by atoms with Crippen LogP contribution in [0.4, 0.5) is 8.78 Å². The molecule has 0 amide bonds. The summed E-state index contributed by atoms with van der Waals surface area (Å²) in [5, 5.41) is 17.5. The lowest BCUT2D eigenvalue weighted by atomic mass is 10.3. The van der Waals surface area contributed by atoms with Gasteiger partial charge in [-0.05, 0) is 22.0 Å². The lowest BCUT2D eigenvalue weighted by molar-refractivity contribution is 0.141. The number of hydrogen-bond acceptors (Lipinski definition) is 3. The van der Waals surface area contributed by atoms with Gasteiger partial charge in [-0.1, -0.05) is 0 Å². The summed E-state index contributed by atoms with van der Waals surface area (Å²) in [6, 6.07) is 2.77. The molecule has 13 heavy (non-hydrogen) atoms. The highest BCUT2D eigenvalue weighted by Crippen LogP contribution is 2.33. The van der Waals surface area contributed by atoms with Gasteiger partial charge < -0.3 is 5.11 Å². The average molecular weight is 249 g/mol. The second-order valence-corrected chi connectivity index (χ2v) is 2.99. The normalized spacial score (nSPS) is 10.1. The van der Waals surface area contributed by atoms with Crippen LogP contribution in [-0.2, 0) is 0 Å². The molecule has 1 aromatic rings. The van der Waals surface area contributed by atoms with Crippen molar-refractivity contribution in [2.75, 3.05) is 0 Å². The van der Waals surface area contributed by atoms with E-state index in [4.69, 9.17) is 10.4 Å². The van der Waals surface area contributed by atoms with E-state index in [1.807, 2.05) is 0 Å². The molecule has 0 atom stereocenters. The van der Waals surface area contributed by atoms with E-state index in [0.29, 0.717) is 0 Å². The van der Waals surface area contributed by atoms with Crippen molar-refractivity contribution in [3.8, 4) is 11.8 Å². The monoisotopic (exact) mass is 248 g/mol. The Labute approximate surface area is 80.8 Å². The van der Waals surface area contributed by atoms with Crippen LogP contribution in [0.2, 0.25) is 0 Å². The summed E-state index contributed by atoms with van der Waals surface area (Å²) < 4.78 is 24.4. The van der Waals surface area contributed by atoms with Gasteiger partial charge in [-0.15, -0.1) is 0 Å². The molecule has 0 spiro atoms. The van der Waals surface area contributed by atoms with Crippen LogP contribution >= 0.6 is 15.9 Å². The Hall–Kier alpha value is -1.22. The molecule has 0 aliphatic carbocycles. The minimum atomic E-state index is -2.90. The maximum atomic E-state index is 12.2. The SMILES string of the molecule is N#Cc1cc(Br)c(O)c(C(F)F)n1. The molecule has 68 valence electrons. The van der Waals surface area contributed by atoms with Crippen molar-refractivity contribution < 1.29 is 13.9 Å². The number of nitriles is 1. The van der Waals surface area contributed by atoms with E-state index in [2.05, 4.69) is 20.9 Å². The van der Waals surface area contributed by atoms with Crippen LogP contribution in [0.3, 0.4) is 0 Å². The van der Waals surface area contributed by atoms with Crippen LogP contribution in [-0.4, -0.2) is 10.1 Å². The molecule has 1 rings (SSSR count). The summed E-state index contributed by atoms with van der Waals surface area (Å²) in [7, 11) is 0.